The fourth-order valence-electron chi connectivity index (χ4n) is 2.71. The Morgan fingerprint density at radius 2 is 2.00 bits per heavy atom. The van der Waals surface area contributed by atoms with Gasteiger partial charge in [-0.15, -0.1) is 0 Å². The highest BCUT2D eigenvalue weighted by Gasteiger charge is 2.18. The summed E-state index contributed by atoms with van der Waals surface area (Å²) in [6, 6.07) is 5.88. The molecule has 2 aromatic rings. The van der Waals surface area contributed by atoms with Crippen molar-refractivity contribution in [2.75, 3.05) is 7.11 Å². The summed E-state index contributed by atoms with van der Waals surface area (Å²) >= 11 is 0. The topological polar surface area (TPSA) is 52.1 Å². The first-order valence-corrected chi connectivity index (χ1v) is 7.23. The Labute approximate surface area is 124 Å². The van der Waals surface area contributed by atoms with Crippen LogP contribution in [0.2, 0.25) is 0 Å². The van der Waals surface area contributed by atoms with E-state index in [2.05, 4.69) is 9.97 Å². The van der Waals surface area contributed by atoms with Crippen LogP contribution in [0.3, 0.4) is 0 Å². The van der Waals surface area contributed by atoms with Crippen LogP contribution in [0.25, 0.3) is 11.4 Å². The molecule has 0 aliphatic heterocycles. The number of ketones is 1. The van der Waals surface area contributed by atoms with Gasteiger partial charge in [-0.3, -0.25) is 4.79 Å². The number of Topliss-reactive ketones (excluding diaryl/α,β-unsaturated/α-hetero) is 1. The summed E-state index contributed by atoms with van der Waals surface area (Å²) in [7, 11) is 1.66. The van der Waals surface area contributed by atoms with Crippen LogP contribution in [0.4, 0.5) is 0 Å². The Balaban J connectivity index is 2.02. The van der Waals surface area contributed by atoms with Crippen LogP contribution in [0.5, 0.6) is 5.75 Å². The van der Waals surface area contributed by atoms with E-state index in [4.69, 9.17) is 4.74 Å². The van der Waals surface area contributed by atoms with Gasteiger partial charge in [-0.2, -0.15) is 0 Å². The van der Waals surface area contributed by atoms with E-state index in [0.29, 0.717) is 17.8 Å². The maximum atomic E-state index is 12.0. The summed E-state index contributed by atoms with van der Waals surface area (Å²) in [4.78, 5) is 21.0. The Bertz CT molecular complexity index is 695. The minimum absolute atomic E-state index is 0.167. The van der Waals surface area contributed by atoms with Crippen molar-refractivity contribution in [3.8, 4) is 17.1 Å². The molecule has 3 rings (SSSR count). The molecule has 1 aromatic heterocycles. The third kappa shape index (κ3) is 2.66. The standard InChI is InChI=1S/C17H18N2O2/c1-11-9-12(7-8-16(11)21-2)17-18-10-13-14(19-17)5-3-4-6-15(13)20/h7-10H,3-6H2,1-2H3. The summed E-state index contributed by atoms with van der Waals surface area (Å²) in [6.07, 6.45) is 5.09. The molecule has 0 amide bonds. The zero-order chi connectivity index (χ0) is 14.8. The molecular weight excluding hydrogens is 264 g/mol. The molecule has 0 bridgehead atoms. The number of fused-ring (bicyclic) bond motifs is 1. The van der Waals surface area contributed by atoms with E-state index >= 15 is 0 Å². The normalized spacial score (nSPS) is 14.5. The number of carbonyl (C=O) groups excluding carboxylic acids is 1. The largest absolute Gasteiger partial charge is 0.496 e. The number of aromatic nitrogens is 2. The average molecular weight is 282 g/mol. The van der Waals surface area contributed by atoms with Crippen LogP contribution in [0.1, 0.15) is 40.9 Å². The highest BCUT2D eigenvalue weighted by atomic mass is 16.5. The number of methoxy groups -OCH3 is 1. The molecule has 0 atom stereocenters. The van der Waals surface area contributed by atoms with Crippen molar-refractivity contribution in [1.29, 1.82) is 0 Å². The molecule has 0 N–H and O–H groups in total. The lowest BCUT2D eigenvalue weighted by Crippen LogP contribution is -2.05. The van der Waals surface area contributed by atoms with E-state index in [-0.39, 0.29) is 5.78 Å². The second-order valence-corrected chi connectivity index (χ2v) is 5.37. The third-order valence-electron chi connectivity index (χ3n) is 3.89. The molecule has 21 heavy (non-hydrogen) atoms. The molecule has 1 heterocycles. The molecule has 0 radical (unpaired) electrons. The third-order valence-corrected chi connectivity index (χ3v) is 3.89. The van der Waals surface area contributed by atoms with Crippen LogP contribution in [-0.2, 0) is 6.42 Å². The molecule has 4 heteroatoms. The van der Waals surface area contributed by atoms with Gasteiger partial charge in [-0.05, 0) is 49.9 Å². The first-order chi connectivity index (χ1) is 10.2. The van der Waals surface area contributed by atoms with E-state index in [1.807, 2.05) is 25.1 Å². The zero-order valence-electron chi connectivity index (χ0n) is 12.3. The number of benzene rings is 1. The van der Waals surface area contributed by atoms with Crippen molar-refractivity contribution in [2.45, 2.75) is 32.6 Å². The van der Waals surface area contributed by atoms with Crippen molar-refractivity contribution in [3.05, 3.63) is 41.2 Å². The number of aryl methyl sites for hydroxylation is 2. The van der Waals surface area contributed by atoms with E-state index in [1.54, 1.807) is 13.3 Å². The van der Waals surface area contributed by atoms with Crippen LogP contribution < -0.4 is 4.74 Å². The highest BCUT2D eigenvalue weighted by molar-refractivity contribution is 5.97. The van der Waals surface area contributed by atoms with Crippen molar-refractivity contribution in [1.82, 2.24) is 9.97 Å². The van der Waals surface area contributed by atoms with Gasteiger partial charge in [-0.1, -0.05) is 0 Å². The molecule has 0 saturated carbocycles. The summed E-state index contributed by atoms with van der Waals surface area (Å²) in [6.45, 7) is 2.00. The Morgan fingerprint density at radius 1 is 1.19 bits per heavy atom. The van der Waals surface area contributed by atoms with Gasteiger partial charge in [0.05, 0.1) is 18.4 Å². The summed E-state index contributed by atoms with van der Waals surface area (Å²) in [5, 5.41) is 0. The quantitative estimate of drug-likeness (QED) is 0.792. The first-order valence-electron chi connectivity index (χ1n) is 7.23. The molecule has 0 fully saturated rings. The molecule has 1 aromatic carbocycles. The Morgan fingerprint density at radius 3 is 2.76 bits per heavy atom. The van der Waals surface area contributed by atoms with E-state index in [0.717, 1.165) is 41.8 Å². The maximum Gasteiger partial charge on any atom is 0.166 e. The van der Waals surface area contributed by atoms with Gasteiger partial charge in [0.15, 0.2) is 11.6 Å². The predicted molar refractivity (Wildman–Crippen MR) is 80.6 cm³/mol. The van der Waals surface area contributed by atoms with Crippen molar-refractivity contribution in [2.24, 2.45) is 0 Å². The van der Waals surface area contributed by atoms with Crippen LogP contribution >= 0.6 is 0 Å². The molecule has 1 aliphatic carbocycles. The molecule has 1 aliphatic rings. The van der Waals surface area contributed by atoms with Gasteiger partial charge in [0.25, 0.3) is 0 Å². The number of hydrogen-bond donors (Lipinski definition) is 0. The molecule has 0 spiro atoms. The molecule has 0 unspecified atom stereocenters. The number of hydrogen-bond acceptors (Lipinski definition) is 4. The smallest absolute Gasteiger partial charge is 0.166 e. The number of nitrogens with zero attached hydrogens (tertiary/aromatic N) is 2. The number of carbonyl (C=O) groups is 1. The maximum absolute atomic E-state index is 12.0. The zero-order valence-corrected chi connectivity index (χ0v) is 12.3. The van der Waals surface area contributed by atoms with Crippen LogP contribution in [0, 0.1) is 6.92 Å². The predicted octanol–water partition coefficient (Wildman–Crippen LogP) is 3.37. The van der Waals surface area contributed by atoms with Crippen molar-refractivity contribution >= 4 is 5.78 Å². The minimum Gasteiger partial charge on any atom is -0.496 e. The monoisotopic (exact) mass is 282 g/mol. The van der Waals surface area contributed by atoms with Crippen LogP contribution in [0.15, 0.2) is 24.4 Å². The number of ether oxygens (including phenoxy) is 1. The Kier molecular flexibility index (Phi) is 3.69. The first kappa shape index (κ1) is 13.7. The van der Waals surface area contributed by atoms with Crippen LogP contribution in [-0.4, -0.2) is 22.9 Å². The lowest BCUT2D eigenvalue weighted by Gasteiger charge is -2.09. The van der Waals surface area contributed by atoms with Gasteiger partial charge in [0, 0.05) is 18.2 Å². The molecular formula is C17H18N2O2. The fraction of sp³-hybridized carbons (Fsp3) is 0.353. The fourth-order valence-corrected chi connectivity index (χ4v) is 2.71. The van der Waals surface area contributed by atoms with E-state index < -0.39 is 0 Å². The number of rotatable bonds is 2. The SMILES string of the molecule is COc1ccc(-c2ncc3c(n2)CCCCC3=O)cc1C. The molecule has 108 valence electrons. The van der Waals surface area contributed by atoms with Crippen molar-refractivity contribution < 1.29 is 9.53 Å². The lowest BCUT2D eigenvalue weighted by atomic mass is 10.1. The van der Waals surface area contributed by atoms with E-state index in [9.17, 15) is 4.79 Å². The van der Waals surface area contributed by atoms with Gasteiger partial charge in [0.1, 0.15) is 5.75 Å². The minimum atomic E-state index is 0.167. The molecule has 4 nitrogen and oxygen atoms in total. The summed E-state index contributed by atoms with van der Waals surface area (Å²) in [5.74, 6) is 1.69. The lowest BCUT2D eigenvalue weighted by molar-refractivity contribution is 0.0981. The average Bonchev–Trinajstić information content (AvgIpc) is 2.68. The molecule has 0 saturated heterocycles. The summed E-state index contributed by atoms with van der Waals surface area (Å²) < 4.78 is 5.27. The van der Waals surface area contributed by atoms with E-state index in [1.165, 1.54) is 0 Å². The second kappa shape index (κ2) is 5.64. The van der Waals surface area contributed by atoms with Gasteiger partial charge in [0.2, 0.25) is 0 Å². The summed E-state index contributed by atoms with van der Waals surface area (Å²) in [5.41, 5.74) is 3.58. The van der Waals surface area contributed by atoms with Gasteiger partial charge < -0.3 is 4.74 Å². The second-order valence-electron chi connectivity index (χ2n) is 5.37. The van der Waals surface area contributed by atoms with Gasteiger partial charge >= 0.3 is 0 Å². The Hall–Kier alpha value is -2.23. The van der Waals surface area contributed by atoms with Crippen molar-refractivity contribution in [3.63, 3.8) is 0 Å². The highest BCUT2D eigenvalue weighted by Crippen LogP contribution is 2.26. The van der Waals surface area contributed by atoms with Gasteiger partial charge in [-0.25, -0.2) is 9.97 Å².